The summed E-state index contributed by atoms with van der Waals surface area (Å²) in [7, 11) is 0. The van der Waals surface area contributed by atoms with E-state index in [1.165, 1.54) is 11.1 Å². The number of carbonyl (C=O) groups excluding carboxylic acids is 1. The predicted molar refractivity (Wildman–Crippen MR) is 95.2 cm³/mol. The van der Waals surface area contributed by atoms with Crippen LogP contribution in [0.1, 0.15) is 37.8 Å². The SMILES string of the molecule is CC(=O)CCC(C)=NN(Cc1ccccc1)Cc1ccccc1. The molecule has 0 amide bonds. The number of Topliss-reactive ketones (excluding diaryl/α,β-unsaturated/α-hetero) is 1. The van der Waals surface area contributed by atoms with Gasteiger partial charge in [0.15, 0.2) is 0 Å². The second-order valence-electron chi connectivity index (χ2n) is 5.83. The van der Waals surface area contributed by atoms with Crippen LogP contribution in [0.3, 0.4) is 0 Å². The second kappa shape index (κ2) is 8.89. The van der Waals surface area contributed by atoms with Crippen LogP contribution in [0.15, 0.2) is 65.8 Å². The van der Waals surface area contributed by atoms with Crippen molar-refractivity contribution in [1.29, 1.82) is 0 Å². The van der Waals surface area contributed by atoms with Gasteiger partial charge in [0.2, 0.25) is 0 Å². The van der Waals surface area contributed by atoms with Gasteiger partial charge >= 0.3 is 0 Å². The van der Waals surface area contributed by atoms with E-state index in [4.69, 9.17) is 5.10 Å². The number of carbonyl (C=O) groups is 1. The highest BCUT2D eigenvalue weighted by Gasteiger charge is 2.06. The van der Waals surface area contributed by atoms with Crippen LogP contribution in [-0.4, -0.2) is 16.5 Å². The molecule has 0 N–H and O–H groups in total. The molecule has 2 rings (SSSR count). The maximum atomic E-state index is 11.1. The van der Waals surface area contributed by atoms with Crippen LogP contribution in [0.2, 0.25) is 0 Å². The number of hydrazone groups is 1. The van der Waals surface area contributed by atoms with Crippen molar-refractivity contribution >= 4 is 11.5 Å². The monoisotopic (exact) mass is 308 g/mol. The fourth-order valence-electron chi connectivity index (χ4n) is 2.36. The quantitative estimate of drug-likeness (QED) is 0.533. The Balaban J connectivity index is 2.10. The number of hydrogen-bond acceptors (Lipinski definition) is 3. The summed E-state index contributed by atoms with van der Waals surface area (Å²) in [5.74, 6) is 0.206. The third-order valence-electron chi connectivity index (χ3n) is 3.57. The maximum Gasteiger partial charge on any atom is 0.130 e. The van der Waals surface area contributed by atoms with Gasteiger partial charge in [-0.3, -0.25) is 5.01 Å². The van der Waals surface area contributed by atoms with Gasteiger partial charge < -0.3 is 4.79 Å². The molecule has 0 saturated carbocycles. The lowest BCUT2D eigenvalue weighted by atomic mass is 10.2. The molecule has 0 aliphatic heterocycles. The Bertz CT molecular complexity index is 594. The Morgan fingerprint density at radius 2 is 1.30 bits per heavy atom. The van der Waals surface area contributed by atoms with Crippen LogP contribution in [-0.2, 0) is 17.9 Å². The molecule has 0 fully saturated rings. The molecule has 3 heteroatoms. The van der Waals surface area contributed by atoms with Crippen LogP contribution >= 0.6 is 0 Å². The van der Waals surface area contributed by atoms with Crippen molar-refractivity contribution in [2.24, 2.45) is 5.10 Å². The average molecular weight is 308 g/mol. The summed E-state index contributed by atoms with van der Waals surface area (Å²) in [6, 6.07) is 20.7. The molecule has 0 bridgehead atoms. The minimum absolute atomic E-state index is 0.206. The van der Waals surface area contributed by atoms with Crippen LogP contribution in [0.5, 0.6) is 0 Å². The summed E-state index contributed by atoms with van der Waals surface area (Å²) in [4.78, 5) is 11.1. The number of rotatable bonds is 8. The van der Waals surface area contributed by atoms with E-state index in [1.807, 2.05) is 43.3 Å². The number of benzene rings is 2. The molecule has 0 aliphatic rings. The van der Waals surface area contributed by atoms with E-state index in [9.17, 15) is 4.79 Å². The normalized spacial score (nSPS) is 11.3. The van der Waals surface area contributed by atoms with E-state index in [0.29, 0.717) is 6.42 Å². The number of hydrogen-bond donors (Lipinski definition) is 0. The Labute approximate surface area is 138 Å². The lowest BCUT2D eigenvalue weighted by Gasteiger charge is -2.21. The summed E-state index contributed by atoms with van der Waals surface area (Å²) in [5, 5.41) is 6.81. The molecule has 2 aromatic carbocycles. The topological polar surface area (TPSA) is 32.7 Å². The number of ketones is 1. The fraction of sp³-hybridized carbons (Fsp3) is 0.300. The maximum absolute atomic E-state index is 11.1. The molecular weight excluding hydrogens is 284 g/mol. The van der Waals surface area contributed by atoms with Crippen molar-refractivity contribution < 1.29 is 4.79 Å². The standard InChI is InChI=1S/C20H24N2O/c1-17(13-14-18(2)23)21-22(15-19-9-5-3-6-10-19)16-20-11-7-4-8-12-20/h3-12H,13-16H2,1-2H3. The summed E-state index contributed by atoms with van der Waals surface area (Å²) >= 11 is 0. The molecule has 3 nitrogen and oxygen atoms in total. The van der Waals surface area contributed by atoms with Crippen molar-refractivity contribution in [2.45, 2.75) is 39.8 Å². The minimum atomic E-state index is 0.206. The molecular formula is C20H24N2O. The zero-order valence-corrected chi connectivity index (χ0v) is 13.9. The van der Waals surface area contributed by atoms with Crippen molar-refractivity contribution in [3.05, 3.63) is 71.8 Å². The number of nitrogens with zero attached hydrogens (tertiary/aromatic N) is 2. The van der Waals surface area contributed by atoms with Gasteiger partial charge in [0.1, 0.15) is 5.78 Å². The first-order chi connectivity index (χ1) is 11.1. The van der Waals surface area contributed by atoms with Crippen LogP contribution in [0.25, 0.3) is 0 Å². The molecule has 0 spiro atoms. The molecule has 0 saturated heterocycles. The van der Waals surface area contributed by atoms with Gasteiger partial charge in [0.05, 0.1) is 13.1 Å². The smallest absolute Gasteiger partial charge is 0.130 e. The van der Waals surface area contributed by atoms with Crippen molar-refractivity contribution in [3.63, 3.8) is 0 Å². The zero-order valence-electron chi connectivity index (χ0n) is 13.9. The van der Waals surface area contributed by atoms with Crippen LogP contribution in [0, 0.1) is 0 Å². The molecule has 0 atom stereocenters. The van der Waals surface area contributed by atoms with Gasteiger partial charge in [-0.25, -0.2) is 0 Å². The predicted octanol–water partition coefficient (Wildman–Crippen LogP) is 4.43. The molecule has 0 unspecified atom stereocenters. The van der Waals surface area contributed by atoms with E-state index in [1.54, 1.807) is 6.92 Å². The first-order valence-electron chi connectivity index (χ1n) is 8.00. The van der Waals surface area contributed by atoms with E-state index < -0.39 is 0 Å². The average Bonchev–Trinajstić information content (AvgIpc) is 2.55. The van der Waals surface area contributed by atoms with Crippen LogP contribution < -0.4 is 0 Å². The van der Waals surface area contributed by atoms with Crippen molar-refractivity contribution in [3.8, 4) is 0 Å². The highest BCUT2D eigenvalue weighted by atomic mass is 16.1. The van der Waals surface area contributed by atoms with Gasteiger partial charge in [-0.1, -0.05) is 60.7 Å². The molecule has 0 radical (unpaired) electrons. The lowest BCUT2D eigenvalue weighted by Crippen LogP contribution is -2.18. The summed E-state index contributed by atoms with van der Waals surface area (Å²) in [5.41, 5.74) is 3.45. The van der Waals surface area contributed by atoms with E-state index in [0.717, 1.165) is 25.2 Å². The van der Waals surface area contributed by atoms with Crippen LogP contribution in [0.4, 0.5) is 0 Å². The lowest BCUT2D eigenvalue weighted by molar-refractivity contribution is -0.116. The first kappa shape index (κ1) is 16.9. The largest absolute Gasteiger partial charge is 0.300 e. The van der Waals surface area contributed by atoms with E-state index >= 15 is 0 Å². The fourth-order valence-corrected chi connectivity index (χ4v) is 2.36. The highest BCUT2D eigenvalue weighted by molar-refractivity contribution is 5.86. The molecule has 120 valence electrons. The molecule has 0 aromatic heterocycles. The van der Waals surface area contributed by atoms with E-state index in [2.05, 4.69) is 29.3 Å². The summed E-state index contributed by atoms with van der Waals surface area (Å²) in [6.45, 7) is 5.13. The van der Waals surface area contributed by atoms with Gasteiger partial charge in [-0.2, -0.15) is 5.10 Å². The van der Waals surface area contributed by atoms with Gasteiger partial charge in [0.25, 0.3) is 0 Å². The third-order valence-corrected chi connectivity index (χ3v) is 3.57. The first-order valence-corrected chi connectivity index (χ1v) is 8.00. The van der Waals surface area contributed by atoms with Crippen molar-refractivity contribution in [2.75, 3.05) is 0 Å². The summed E-state index contributed by atoms with van der Waals surface area (Å²) < 4.78 is 0. The molecule has 0 aliphatic carbocycles. The Hall–Kier alpha value is -2.42. The minimum Gasteiger partial charge on any atom is -0.300 e. The van der Waals surface area contributed by atoms with Gasteiger partial charge in [-0.05, 0) is 31.4 Å². The van der Waals surface area contributed by atoms with Gasteiger partial charge in [-0.15, -0.1) is 0 Å². The Kier molecular flexibility index (Phi) is 6.55. The Morgan fingerprint density at radius 1 is 0.826 bits per heavy atom. The van der Waals surface area contributed by atoms with E-state index in [-0.39, 0.29) is 5.78 Å². The molecule has 2 aromatic rings. The summed E-state index contributed by atoms with van der Waals surface area (Å²) in [6.07, 6.45) is 1.27. The zero-order chi connectivity index (χ0) is 16.5. The highest BCUT2D eigenvalue weighted by Crippen LogP contribution is 2.11. The van der Waals surface area contributed by atoms with Crippen molar-refractivity contribution in [1.82, 2.24) is 5.01 Å². The van der Waals surface area contributed by atoms with Gasteiger partial charge in [0, 0.05) is 12.1 Å². The Morgan fingerprint density at radius 3 is 1.74 bits per heavy atom. The molecule has 23 heavy (non-hydrogen) atoms. The second-order valence-corrected chi connectivity index (χ2v) is 5.83. The third kappa shape index (κ3) is 6.47. The molecule has 0 heterocycles.